The predicted octanol–water partition coefficient (Wildman–Crippen LogP) is 3.56. The van der Waals surface area contributed by atoms with Crippen LogP contribution in [-0.4, -0.2) is 23.2 Å². The Bertz CT molecular complexity index is 602. The zero-order valence-electron chi connectivity index (χ0n) is 12.7. The van der Waals surface area contributed by atoms with Gasteiger partial charge in [0.05, 0.1) is 6.10 Å². The van der Waals surface area contributed by atoms with E-state index in [0.29, 0.717) is 23.8 Å². The van der Waals surface area contributed by atoms with Gasteiger partial charge in [0.2, 0.25) is 5.95 Å². The molecule has 0 aliphatic heterocycles. The highest BCUT2D eigenvalue weighted by Gasteiger charge is 2.17. The van der Waals surface area contributed by atoms with Gasteiger partial charge < -0.3 is 10.0 Å². The Balaban J connectivity index is 2.17. The van der Waals surface area contributed by atoms with Crippen LogP contribution in [-0.2, 0) is 0 Å². The largest absolute Gasteiger partial charge is 0.387 e. The molecular formula is C17H20F2N2O. The average Bonchev–Trinajstić information content (AvgIpc) is 2.46. The van der Waals surface area contributed by atoms with E-state index in [1.165, 1.54) is 18.2 Å². The first-order valence-corrected chi connectivity index (χ1v) is 7.26. The van der Waals surface area contributed by atoms with Gasteiger partial charge >= 0.3 is 0 Å². The molecule has 0 spiro atoms. The summed E-state index contributed by atoms with van der Waals surface area (Å²) in [5, 5.41) is 10.3. The van der Waals surface area contributed by atoms with Crippen molar-refractivity contribution < 1.29 is 13.9 Å². The third-order valence-electron chi connectivity index (χ3n) is 3.26. The fourth-order valence-corrected chi connectivity index (χ4v) is 2.28. The van der Waals surface area contributed by atoms with E-state index in [0.717, 1.165) is 0 Å². The highest BCUT2D eigenvalue weighted by atomic mass is 19.1. The molecule has 1 N–H and O–H groups in total. The number of hydrogen-bond donors (Lipinski definition) is 1. The number of pyridine rings is 1. The average molecular weight is 306 g/mol. The quantitative estimate of drug-likeness (QED) is 0.829. The Morgan fingerprint density at radius 3 is 2.32 bits per heavy atom. The molecule has 0 amide bonds. The van der Waals surface area contributed by atoms with Crippen LogP contribution in [0.2, 0.25) is 0 Å². The van der Waals surface area contributed by atoms with Crippen LogP contribution in [0.5, 0.6) is 0 Å². The molecule has 0 fully saturated rings. The second-order valence-electron chi connectivity index (χ2n) is 5.68. The number of rotatable bonds is 6. The number of aliphatic hydroxyl groups is 1. The molecule has 0 radical (unpaired) electrons. The molecule has 0 aliphatic carbocycles. The van der Waals surface area contributed by atoms with Gasteiger partial charge in [0.25, 0.3) is 0 Å². The fraction of sp³-hybridized carbons (Fsp3) is 0.353. The van der Waals surface area contributed by atoms with Crippen LogP contribution in [0, 0.1) is 17.7 Å². The molecule has 1 aromatic heterocycles. The maximum atomic E-state index is 13.3. The van der Waals surface area contributed by atoms with Crippen molar-refractivity contribution in [2.75, 3.05) is 18.0 Å². The summed E-state index contributed by atoms with van der Waals surface area (Å²) in [6.45, 7) is 4.97. The third-order valence-corrected chi connectivity index (χ3v) is 3.26. The lowest BCUT2D eigenvalue weighted by Crippen LogP contribution is -2.32. The molecule has 0 bridgehead atoms. The van der Waals surface area contributed by atoms with Gasteiger partial charge in [0.1, 0.15) is 11.6 Å². The first-order chi connectivity index (χ1) is 10.5. The summed E-state index contributed by atoms with van der Waals surface area (Å²) in [5.74, 6) is -0.0929. The lowest BCUT2D eigenvalue weighted by molar-refractivity contribution is 0.182. The third kappa shape index (κ3) is 4.49. The highest BCUT2D eigenvalue weighted by Crippen LogP contribution is 2.20. The molecule has 1 heterocycles. The van der Waals surface area contributed by atoms with Crippen LogP contribution in [0.4, 0.5) is 14.6 Å². The lowest BCUT2D eigenvalue weighted by Gasteiger charge is -2.28. The van der Waals surface area contributed by atoms with Crippen LogP contribution in [0.3, 0.4) is 0 Å². The first kappa shape index (κ1) is 16.4. The summed E-state index contributed by atoms with van der Waals surface area (Å²) in [7, 11) is 0. The molecule has 0 aliphatic rings. The number of benzene rings is 1. The molecule has 2 aromatic rings. The van der Waals surface area contributed by atoms with Gasteiger partial charge in [-0.25, -0.2) is 9.37 Å². The monoisotopic (exact) mass is 306 g/mol. The first-order valence-electron chi connectivity index (χ1n) is 7.26. The number of halogens is 2. The van der Waals surface area contributed by atoms with E-state index in [4.69, 9.17) is 0 Å². The number of hydrogen-bond acceptors (Lipinski definition) is 3. The van der Waals surface area contributed by atoms with Crippen molar-refractivity contribution in [1.29, 1.82) is 0 Å². The number of aliphatic hydroxyl groups excluding tert-OH is 1. The van der Waals surface area contributed by atoms with Crippen LogP contribution in [0.25, 0.3) is 0 Å². The molecule has 1 aromatic carbocycles. The number of nitrogens with zero attached hydrogens (tertiary/aromatic N) is 2. The fourth-order valence-electron chi connectivity index (χ4n) is 2.28. The SMILES string of the molecule is CC(C)CN(CC(O)c1ccc(F)cc1)c1cccc(F)n1. The maximum absolute atomic E-state index is 13.3. The summed E-state index contributed by atoms with van der Waals surface area (Å²) in [4.78, 5) is 5.71. The van der Waals surface area contributed by atoms with Crippen LogP contribution in [0.15, 0.2) is 42.5 Å². The highest BCUT2D eigenvalue weighted by molar-refractivity contribution is 5.39. The van der Waals surface area contributed by atoms with E-state index in [2.05, 4.69) is 4.98 Å². The maximum Gasteiger partial charge on any atom is 0.214 e. The van der Waals surface area contributed by atoms with Crippen molar-refractivity contribution in [2.24, 2.45) is 5.92 Å². The number of aromatic nitrogens is 1. The summed E-state index contributed by atoms with van der Waals surface area (Å²) in [5.41, 5.74) is 0.617. The van der Waals surface area contributed by atoms with Crippen molar-refractivity contribution in [3.63, 3.8) is 0 Å². The summed E-state index contributed by atoms with van der Waals surface area (Å²) in [6.07, 6.45) is -0.801. The molecule has 118 valence electrons. The second kappa shape index (κ2) is 7.31. The normalized spacial score (nSPS) is 12.5. The minimum absolute atomic E-state index is 0.264. The van der Waals surface area contributed by atoms with Crippen molar-refractivity contribution in [3.05, 3.63) is 59.8 Å². The Morgan fingerprint density at radius 1 is 1.05 bits per heavy atom. The van der Waals surface area contributed by atoms with Gasteiger partial charge in [0, 0.05) is 13.1 Å². The molecule has 0 saturated carbocycles. The summed E-state index contributed by atoms with van der Waals surface area (Å²) >= 11 is 0. The van der Waals surface area contributed by atoms with Crippen LogP contribution >= 0.6 is 0 Å². The molecular weight excluding hydrogens is 286 g/mol. The molecule has 22 heavy (non-hydrogen) atoms. The topological polar surface area (TPSA) is 36.4 Å². The Morgan fingerprint density at radius 2 is 1.73 bits per heavy atom. The zero-order valence-corrected chi connectivity index (χ0v) is 12.7. The Labute approximate surface area is 129 Å². The Hall–Kier alpha value is -2.01. The van der Waals surface area contributed by atoms with Crippen molar-refractivity contribution in [3.8, 4) is 0 Å². The lowest BCUT2D eigenvalue weighted by atomic mass is 10.1. The molecule has 0 saturated heterocycles. The molecule has 3 nitrogen and oxygen atoms in total. The zero-order chi connectivity index (χ0) is 16.1. The molecule has 5 heteroatoms. The van der Waals surface area contributed by atoms with Gasteiger partial charge in [-0.1, -0.05) is 32.0 Å². The van der Waals surface area contributed by atoms with Gasteiger partial charge in [-0.2, -0.15) is 4.39 Å². The van der Waals surface area contributed by atoms with E-state index in [-0.39, 0.29) is 12.4 Å². The van der Waals surface area contributed by atoms with Gasteiger partial charge in [0.15, 0.2) is 0 Å². The second-order valence-corrected chi connectivity index (χ2v) is 5.68. The summed E-state index contributed by atoms with van der Waals surface area (Å²) < 4.78 is 26.3. The summed E-state index contributed by atoms with van der Waals surface area (Å²) in [6, 6.07) is 10.3. The van der Waals surface area contributed by atoms with E-state index in [1.54, 1.807) is 24.3 Å². The van der Waals surface area contributed by atoms with Crippen molar-refractivity contribution in [2.45, 2.75) is 20.0 Å². The van der Waals surface area contributed by atoms with Gasteiger partial charge in [-0.05, 0) is 35.7 Å². The van der Waals surface area contributed by atoms with E-state index in [9.17, 15) is 13.9 Å². The molecule has 1 unspecified atom stereocenters. The van der Waals surface area contributed by atoms with E-state index in [1.807, 2.05) is 18.7 Å². The standard InChI is InChI=1S/C17H20F2N2O/c1-12(2)10-21(17-5-3-4-16(19)20-17)11-15(22)13-6-8-14(18)9-7-13/h3-9,12,15,22H,10-11H2,1-2H3. The van der Waals surface area contributed by atoms with Crippen LogP contribution in [0.1, 0.15) is 25.5 Å². The minimum Gasteiger partial charge on any atom is -0.387 e. The van der Waals surface area contributed by atoms with Crippen molar-refractivity contribution >= 4 is 5.82 Å². The number of anilines is 1. The van der Waals surface area contributed by atoms with Crippen molar-refractivity contribution in [1.82, 2.24) is 4.98 Å². The van der Waals surface area contributed by atoms with Gasteiger partial charge in [-0.3, -0.25) is 0 Å². The van der Waals surface area contributed by atoms with E-state index >= 15 is 0 Å². The predicted molar refractivity (Wildman–Crippen MR) is 82.6 cm³/mol. The molecule has 2 rings (SSSR count). The molecule has 1 atom stereocenters. The Kier molecular flexibility index (Phi) is 5.44. The van der Waals surface area contributed by atoms with Crippen LogP contribution < -0.4 is 4.90 Å². The smallest absolute Gasteiger partial charge is 0.214 e. The van der Waals surface area contributed by atoms with E-state index < -0.39 is 12.1 Å². The van der Waals surface area contributed by atoms with Gasteiger partial charge in [-0.15, -0.1) is 0 Å². The minimum atomic E-state index is -0.801.